The minimum absolute atomic E-state index is 0.0886. The Labute approximate surface area is 85.5 Å². The molecule has 0 N–H and O–H groups in total. The van der Waals surface area contributed by atoms with Crippen LogP contribution in [0.1, 0.15) is 27.7 Å². The molecule has 0 aliphatic rings. The maximum absolute atomic E-state index is 11.2. The Morgan fingerprint density at radius 2 is 1.86 bits per heavy atom. The SMILES string of the molecule is CCOCC(C)OC(C)C(=O)OCC. The van der Waals surface area contributed by atoms with E-state index in [2.05, 4.69) is 0 Å². The molecule has 4 nitrogen and oxygen atoms in total. The molecular weight excluding hydrogens is 184 g/mol. The average molecular weight is 204 g/mol. The predicted octanol–water partition coefficient (Wildman–Crippen LogP) is 1.38. The van der Waals surface area contributed by atoms with E-state index in [0.717, 1.165) is 0 Å². The lowest BCUT2D eigenvalue weighted by Crippen LogP contribution is -2.29. The Bertz CT molecular complexity index is 158. The lowest BCUT2D eigenvalue weighted by atomic mass is 10.3. The second-order valence-corrected chi connectivity index (χ2v) is 3.00. The van der Waals surface area contributed by atoms with Crippen LogP contribution in [0.25, 0.3) is 0 Å². The Morgan fingerprint density at radius 3 is 2.36 bits per heavy atom. The summed E-state index contributed by atoms with van der Waals surface area (Å²) in [5, 5.41) is 0. The Balaban J connectivity index is 3.68. The van der Waals surface area contributed by atoms with E-state index in [9.17, 15) is 4.79 Å². The van der Waals surface area contributed by atoms with Crippen molar-refractivity contribution in [1.29, 1.82) is 0 Å². The summed E-state index contributed by atoms with van der Waals surface area (Å²) in [7, 11) is 0. The van der Waals surface area contributed by atoms with Gasteiger partial charge in [0.2, 0.25) is 0 Å². The summed E-state index contributed by atoms with van der Waals surface area (Å²) in [5.41, 5.74) is 0. The Morgan fingerprint density at radius 1 is 1.21 bits per heavy atom. The third-order valence-corrected chi connectivity index (χ3v) is 1.61. The van der Waals surface area contributed by atoms with Gasteiger partial charge in [0.05, 0.1) is 19.3 Å². The fourth-order valence-electron chi connectivity index (χ4n) is 0.987. The van der Waals surface area contributed by atoms with Gasteiger partial charge in [0.25, 0.3) is 0 Å². The number of hydrogen-bond acceptors (Lipinski definition) is 4. The second-order valence-electron chi connectivity index (χ2n) is 3.00. The van der Waals surface area contributed by atoms with Gasteiger partial charge in [-0.15, -0.1) is 0 Å². The van der Waals surface area contributed by atoms with Gasteiger partial charge in [-0.1, -0.05) is 0 Å². The van der Waals surface area contributed by atoms with E-state index in [1.807, 2.05) is 13.8 Å². The van der Waals surface area contributed by atoms with E-state index in [-0.39, 0.29) is 12.1 Å². The molecule has 0 aromatic rings. The van der Waals surface area contributed by atoms with Crippen molar-refractivity contribution in [2.75, 3.05) is 19.8 Å². The number of carbonyl (C=O) groups is 1. The van der Waals surface area contributed by atoms with Gasteiger partial charge in [-0.25, -0.2) is 4.79 Å². The Kier molecular flexibility index (Phi) is 7.42. The van der Waals surface area contributed by atoms with Gasteiger partial charge in [0.1, 0.15) is 0 Å². The van der Waals surface area contributed by atoms with Crippen LogP contribution in [0.5, 0.6) is 0 Å². The van der Waals surface area contributed by atoms with Crippen LogP contribution in [0.3, 0.4) is 0 Å². The van der Waals surface area contributed by atoms with E-state index < -0.39 is 6.10 Å². The molecule has 0 spiro atoms. The van der Waals surface area contributed by atoms with Crippen LogP contribution in [0.2, 0.25) is 0 Å². The number of carbonyl (C=O) groups excluding carboxylic acids is 1. The number of rotatable bonds is 7. The highest BCUT2D eigenvalue weighted by atomic mass is 16.6. The van der Waals surface area contributed by atoms with Gasteiger partial charge in [-0.3, -0.25) is 0 Å². The first kappa shape index (κ1) is 13.4. The van der Waals surface area contributed by atoms with E-state index in [1.165, 1.54) is 0 Å². The molecule has 0 heterocycles. The fraction of sp³-hybridized carbons (Fsp3) is 0.900. The molecule has 0 amide bonds. The van der Waals surface area contributed by atoms with Crippen LogP contribution in [-0.4, -0.2) is 38.0 Å². The van der Waals surface area contributed by atoms with E-state index in [4.69, 9.17) is 14.2 Å². The zero-order chi connectivity index (χ0) is 11.0. The molecule has 0 bridgehead atoms. The van der Waals surface area contributed by atoms with Crippen molar-refractivity contribution in [3.63, 3.8) is 0 Å². The second kappa shape index (κ2) is 7.76. The lowest BCUT2D eigenvalue weighted by molar-refractivity contribution is -0.160. The van der Waals surface area contributed by atoms with Crippen LogP contribution in [0, 0.1) is 0 Å². The quantitative estimate of drug-likeness (QED) is 0.588. The number of ether oxygens (including phenoxy) is 3. The average Bonchev–Trinajstić information content (AvgIpc) is 2.15. The summed E-state index contributed by atoms with van der Waals surface area (Å²) in [6.07, 6.45) is -0.611. The molecule has 0 radical (unpaired) electrons. The summed E-state index contributed by atoms with van der Waals surface area (Å²) >= 11 is 0. The molecule has 0 aromatic heterocycles. The monoisotopic (exact) mass is 204 g/mol. The fourth-order valence-corrected chi connectivity index (χ4v) is 0.987. The molecule has 0 saturated carbocycles. The molecule has 2 atom stereocenters. The third kappa shape index (κ3) is 5.94. The van der Waals surface area contributed by atoms with E-state index >= 15 is 0 Å². The third-order valence-electron chi connectivity index (χ3n) is 1.61. The molecule has 0 aliphatic carbocycles. The number of hydrogen-bond donors (Lipinski definition) is 0. The molecule has 84 valence electrons. The normalized spacial score (nSPS) is 14.9. The first-order chi connectivity index (χ1) is 6.61. The molecular formula is C10H20O4. The summed E-state index contributed by atoms with van der Waals surface area (Å²) in [4.78, 5) is 11.2. The molecule has 0 fully saturated rings. The molecule has 2 unspecified atom stereocenters. The van der Waals surface area contributed by atoms with Crippen molar-refractivity contribution in [2.24, 2.45) is 0 Å². The van der Waals surface area contributed by atoms with Crippen LogP contribution >= 0.6 is 0 Å². The lowest BCUT2D eigenvalue weighted by Gasteiger charge is -2.17. The summed E-state index contributed by atoms with van der Waals surface area (Å²) in [6, 6.07) is 0. The van der Waals surface area contributed by atoms with Gasteiger partial charge < -0.3 is 14.2 Å². The van der Waals surface area contributed by atoms with Gasteiger partial charge in [0.15, 0.2) is 6.10 Å². The van der Waals surface area contributed by atoms with E-state index in [0.29, 0.717) is 19.8 Å². The number of esters is 1. The predicted molar refractivity (Wildman–Crippen MR) is 53.1 cm³/mol. The maximum atomic E-state index is 11.2. The molecule has 0 rings (SSSR count). The van der Waals surface area contributed by atoms with Gasteiger partial charge in [0, 0.05) is 6.61 Å². The molecule has 4 heteroatoms. The van der Waals surface area contributed by atoms with E-state index in [1.54, 1.807) is 13.8 Å². The first-order valence-electron chi connectivity index (χ1n) is 5.01. The molecule has 0 aromatic carbocycles. The largest absolute Gasteiger partial charge is 0.464 e. The zero-order valence-electron chi connectivity index (χ0n) is 9.41. The molecule has 0 aliphatic heterocycles. The van der Waals surface area contributed by atoms with Crippen molar-refractivity contribution in [2.45, 2.75) is 39.9 Å². The van der Waals surface area contributed by atoms with Crippen molar-refractivity contribution in [3.05, 3.63) is 0 Å². The smallest absolute Gasteiger partial charge is 0.334 e. The van der Waals surface area contributed by atoms with Crippen LogP contribution in [0.4, 0.5) is 0 Å². The van der Waals surface area contributed by atoms with Crippen molar-refractivity contribution >= 4 is 5.97 Å². The van der Waals surface area contributed by atoms with Crippen LogP contribution < -0.4 is 0 Å². The summed E-state index contributed by atoms with van der Waals surface area (Å²) in [5.74, 6) is -0.323. The molecule has 14 heavy (non-hydrogen) atoms. The Hall–Kier alpha value is -0.610. The van der Waals surface area contributed by atoms with Crippen LogP contribution in [0.15, 0.2) is 0 Å². The van der Waals surface area contributed by atoms with Crippen molar-refractivity contribution in [3.8, 4) is 0 Å². The highest BCUT2D eigenvalue weighted by Gasteiger charge is 2.17. The van der Waals surface area contributed by atoms with Gasteiger partial charge in [-0.05, 0) is 27.7 Å². The van der Waals surface area contributed by atoms with Crippen molar-refractivity contribution in [1.82, 2.24) is 0 Å². The maximum Gasteiger partial charge on any atom is 0.334 e. The zero-order valence-corrected chi connectivity index (χ0v) is 9.41. The minimum atomic E-state index is -0.523. The van der Waals surface area contributed by atoms with Gasteiger partial charge >= 0.3 is 5.97 Å². The topological polar surface area (TPSA) is 44.8 Å². The highest BCUT2D eigenvalue weighted by molar-refractivity contribution is 5.74. The highest BCUT2D eigenvalue weighted by Crippen LogP contribution is 2.01. The standard InChI is InChI=1S/C10H20O4/c1-5-12-7-8(3)14-9(4)10(11)13-6-2/h8-9H,5-7H2,1-4H3. The summed E-state index contributed by atoms with van der Waals surface area (Å²) < 4.78 is 15.3. The van der Waals surface area contributed by atoms with Crippen LogP contribution in [-0.2, 0) is 19.0 Å². The van der Waals surface area contributed by atoms with Gasteiger partial charge in [-0.2, -0.15) is 0 Å². The summed E-state index contributed by atoms with van der Waals surface area (Å²) in [6.45, 7) is 8.77. The van der Waals surface area contributed by atoms with Crippen molar-refractivity contribution < 1.29 is 19.0 Å². The first-order valence-corrected chi connectivity index (χ1v) is 5.01. The molecule has 0 saturated heterocycles. The minimum Gasteiger partial charge on any atom is -0.464 e.